The number of carboxylic acids is 1. The second-order valence-electron chi connectivity index (χ2n) is 5.56. The maximum Gasteiger partial charge on any atom is 0.320 e. The van der Waals surface area contributed by atoms with Crippen molar-refractivity contribution in [2.45, 2.75) is 38.1 Å². The number of hydrogen-bond acceptors (Lipinski definition) is 3. The summed E-state index contributed by atoms with van der Waals surface area (Å²) in [5.41, 5.74) is 5.32. The molecule has 2 fully saturated rings. The minimum Gasteiger partial charge on any atom is -0.481 e. The van der Waals surface area contributed by atoms with Crippen LogP contribution in [0, 0.1) is 5.92 Å². The van der Waals surface area contributed by atoms with Crippen molar-refractivity contribution >= 4 is 17.9 Å². The van der Waals surface area contributed by atoms with Gasteiger partial charge >= 0.3 is 12.0 Å². The molecule has 3 amide bonds. The van der Waals surface area contributed by atoms with E-state index in [1.807, 2.05) is 0 Å². The summed E-state index contributed by atoms with van der Waals surface area (Å²) in [6.07, 6.45) is 3.00. The van der Waals surface area contributed by atoms with Gasteiger partial charge in [-0.25, -0.2) is 4.79 Å². The third-order valence-corrected chi connectivity index (χ3v) is 4.18. The van der Waals surface area contributed by atoms with Crippen LogP contribution in [-0.4, -0.2) is 58.5 Å². The van der Waals surface area contributed by atoms with Crippen LogP contribution in [0.1, 0.15) is 32.1 Å². The molecule has 20 heavy (non-hydrogen) atoms. The lowest BCUT2D eigenvalue weighted by atomic mass is 9.94. The van der Waals surface area contributed by atoms with Gasteiger partial charge in [-0.1, -0.05) is 0 Å². The molecule has 112 valence electrons. The van der Waals surface area contributed by atoms with Gasteiger partial charge in [-0.15, -0.1) is 0 Å². The molecule has 2 aliphatic heterocycles. The van der Waals surface area contributed by atoms with Crippen LogP contribution < -0.4 is 5.73 Å². The predicted molar refractivity (Wildman–Crippen MR) is 70.9 cm³/mol. The average Bonchev–Trinajstić information content (AvgIpc) is 2.87. The first-order valence-electron chi connectivity index (χ1n) is 7.05. The number of piperidine rings is 1. The topological polar surface area (TPSA) is 104 Å². The Morgan fingerprint density at radius 3 is 2.30 bits per heavy atom. The van der Waals surface area contributed by atoms with Crippen LogP contribution in [0.25, 0.3) is 0 Å². The Morgan fingerprint density at radius 2 is 1.75 bits per heavy atom. The number of nitrogens with two attached hydrogens (primary N) is 1. The fourth-order valence-electron chi connectivity index (χ4n) is 3.05. The van der Waals surface area contributed by atoms with Crippen molar-refractivity contribution in [3.05, 3.63) is 0 Å². The van der Waals surface area contributed by atoms with E-state index in [0.29, 0.717) is 38.9 Å². The molecule has 0 aliphatic carbocycles. The van der Waals surface area contributed by atoms with E-state index in [1.54, 1.807) is 9.80 Å². The summed E-state index contributed by atoms with van der Waals surface area (Å²) in [6, 6.07) is -0.626. The van der Waals surface area contributed by atoms with Crippen LogP contribution in [0.3, 0.4) is 0 Å². The molecule has 3 N–H and O–H groups in total. The van der Waals surface area contributed by atoms with Crippen LogP contribution in [0.2, 0.25) is 0 Å². The van der Waals surface area contributed by atoms with Crippen molar-refractivity contribution in [3.8, 4) is 0 Å². The molecule has 0 aromatic carbocycles. The van der Waals surface area contributed by atoms with Gasteiger partial charge in [-0.3, -0.25) is 9.59 Å². The lowest BCUT2D eigenvalue weighted by Crippen LogP contribution is -2.51. The van der Waals surface area contributed by atoms with E-state index in [1.165, 1.54) is 0 Å². The molecule has 7 nitrogen and oxygen atoms in total. The summed E-state index contributed by atoms with van der Waals surface area (Å²) in [7, 11) is 0. The Morgan fingerprint density at radius 1 is 1.10 bits per heavy atom. The molecule has 0 bridgehead atoms. The van der Waals surface area contributed by atoms with Crippen molar-refractivity contribution in [1.29, 1.82) is 0 Å². The van der Waals surface area contributed by atoms with E-state index >= 15 is 0 Å². The fraction of sp³-hybridized carbons (Fsp3) is 0.769. The number of hydrogen-bond donors (Lipinski definition) is 2. The molecule has 0 aromatic heterocycles. The van der Waals surface area contributed by atoms with Crippen LogP contribution in [0.4, 0.5) is 4.79 Å². The molecule has 2 aliphatic rings. The van der Waals surface area contributed by atoms with Crippen LogP contribution in [0.15, 0.2) is 0 Å². The maximum atomic E-state index is 12.4. The first-order chi connectivity index (χ1) is 9.49. The van der Waals surface area contributed by atoms with Gasteiger partial charge in [0.2, 0.25) is 5.91 Å². The molecular formula is C13H21N3O4. The van der Waals surface area contributed by atoms with Crippen LogP contribution >= 0.6 is 0 Å². The first kappa shape index (κ1) is 14.6. The second kappa shape index (κ2) is 6.11. The Balaban J connectivity index is 1.88. The summed E-state index contributed by atoms with van der Waals surface area (Å²) in [5, 5.41) is 8.77. The highest BCUT2D eigenvalue weighted by molar-refractivity contribution is 5.86. The third kappa shape index (κ3) is 3.20. The normalized spacial score (nSPS) is 23.9. The summed E-state index contributed by atoms with van der Waals surface area (Å²) in [5.74, 6) is -1.10. The number of aliphatic carboxylic acids is 1. The number of carboxylic acid groups (broad SMARTS) is 1. The van der Waals surface area contributed by atoms with E-state index in [-0.39, 0.29) is 18.4 Å². The van der Waals surface area contributed by atoms with Gasteiger partial charge in [0.1, 0.15) is 6.04 Å². The fourth-order valence-corrected chi connectivity index (χ4v) is 3.05. The maximum absolute atomic E-state index is 12.4. The second-order valence-corrected chi connectivity index (χ2v) is 5.56. The summed E-state index contributed by atoms with van der Waals surface area (Å²) in [6.45, 7) is 1.68. The molecule has 2 heterocycles. The highest BCUT2D eigenvalue weighted by Crippen LogP contribution is 2.24. The zero-order chi connectivity index (χ0) is 14.7. The number of likely N-dealkylation sites (tertiary alicyclic amines) is 2. The van der Waals surface area contributed by atoms with E-state index in [4.69, 9.17) is 10.8 Å². The Bertz CT molecular complexity index is 404. The van der Waals surface area contributed by atoms with Crippen LogP contribution in [-0.2, 0) is 9.59 Å². The monoisotopic (exact) mass is 283 g/mol. The van der Waals surface area contributed by atoms with Gasteiger partial charge in [0, 0.05) is 26.1 Å². The lowest BCUT2D eigenvalue weighted by Gasteiger charge is -2.35. The molecule has 1 atom stereocenters. The minimum absolute atomic E-state index is 0.139. The number of urea groups is 1. The number of amides is 3. The first-order valence-corrected chi connectivity index (χ1v) is 7.05. The van der Waals surface area contributed by atoms with E-state index < -0.39 is 17.9 Å². The quantitative estimate of drug-likeness (QED) is 0.774. The number of primary amides is 1. The molecule has 0 saturated carbocycles. The minimum atomic E-state index is -0.789. The largest absolute Gasteiger partial charge is 0.481 e. The average molecular weight is 283 g/mol. The van der Waals surface area contributed by atoms with E-state index in [9.17, 15) is 14.4 Å². The van der Waals surface area contributed by atoms with E-state index in [2.05, 4.69) is 0 Å². The molecule has 7 heteroatoms. The van der Waals surface area contributed by atoms with E-state index in [0.717, 1.165) is 6.42 Å². The van der Waals surface area contributed by atoms with Crippen molar-refractivity contribution in [2.75, 3.05) is 19.6 Å². The van der Waals surface area contributed by atoms with Crippen molar-refractivity contribution in [3.63, 3.8) is 0 Å². The molecular weight excluding hydrogens is 262 g/mol. The number of nitrogens with zero attached hydrogens (tertiary/aromatic N) is 2. The summed E-state index contributed by atoms with van der Waals surface area (Å²) in [4.78, 5) is 37.6. The van der Waals surface area contributed by atoms with Gasteiger partial charge in [0.05, 0.1) is 0 Å². The Hall–Kier alpha value is -1.79. The van der Waals surface area contributed by atoms with Gasteiger partial charge in [-0.2, -0.15) is 0 Å². The van der Waals surface area contributed by atoms with Crippen LogP contribution in [0.5, 0.6) is 0 Å². The zero-order valence-electron chi connectivity index (χ0n) is 11.5. The molecule has 0 spiro atoms. The highest BCUT2D eigenvalue weighted by atomic mass is 16.4. The van der Waals surface area contributed by atoms with Gasteiger partial charge in [-0.05, 0) is 31.6 Å². The van der Waals surface area contributed by atoms with Crippen molar-refractivity contribution in [2.24, 2.45) is 11.7 Å². The SMILES string of the molecule is NC(=O)C1CCCN1C(=O)N1CCC(CC(=O)O)CC1. The predicted octanol–water partition coefficient (Wildman–Crippen LogP) is 0.243. The molecule has 1 unspecified atom stereocenters. The van der Waals surface area contributed by atoms with Crippen molar-refractivity contribution in [1.82, 2.24) is 9.80 Å². The number of carbonyl (C=O) groups is 3. The van der Waals surface area contributed by atoms with Gasteiger partial charge in [0.15, 0.2) is 0 Å². The number of rotatable bonds is 3. The molecule has 0 radical (unpaired) electrons. The Kier molecular flexibility index (Phi) is 4.46. The smallest absolute Gasteiger partial charge is 0.320 e. The standard InChI is InChI=1S/C13H21N3O4/c14-12(19)10-2-1-5-16(10)13(20)15-6-3-9(4-7-15)8-11(17)18/h9-10H,1-8H2,(H2,14,19)(H,17,18). The molecule has 2 rings (SSSR count). The summed E-state index contributed by atoms with van der Waals surface area (Å²) < 4.78 is 0. The Labute approximate surface area is 117 Å². The lowest BCUT2D eigenvalue weighted by molar-refractivity contribution is -0.138. The third-order valence-electron chi connectivity index (χ3n) is 4.18. The zero-order valence-corrected chi connectivity index (χ0v) is 11.5. The number of carbonyl (C=O) groups excluding carboxylic acids is 2. The van der Waals surface area contributed by atoms with Gasteiger partial charge in [0.25, 0.3) is 0 Å². The van der Waals surface area contributed by atoms with Crippen molar-refractivity contribution < 1.29 is 19.5 Å². The molecule has 0 aromatic rings. The highest BCUT2D eigenvalue weighted by Gasteiger charge is 2.36. The summed E-state index contributed by atoms with van der Waals surface area (Å²) >= 11 is 0. The van der Waals surface area contributed by atoms with Gasteiger partial charge < -0.3 is 20.6 Å². The molecule has 2 saturated heterocycles.